The fourth-order valence-corrected chi connectivity index (χ4v) is 3.56. The van der Waals surface area contributed by atoms with Crippen LogP contribution in [0.25, 0.3) is 0 Å². The Morgan fingerprint density at radius 1 is 0.879 bits per heavy atom. The van der Waals surface area contributed by atoms with E-state index in [2.05, 4.69) is 47.3 Å². The van der Waals surface area contributed by atoms with Gasteiger partial charge in [-0.1, -0.05) is 54.9 Å². The molecule has 0 atom stereocenters. The topological polar surface area (TPSA) is 67.4 Å². The zero-order chi connectivity index (χ0) is 24.2. The van der Waals surface area contributed by atoms with Crippen molar-refractivity contribution in [2.45, 2.75) is 40.0 Å². The van der Waals surface area contributed by atoms with Crippen molar-refractivity contribution < 1.29 is 14.3 Å². The highest BCUT2D eigenvalue weighted by atomic mass is 79.9. The van der Waals surface area contributed by atoms with E-state index in [4.69, 9.17) is 4.74 Å². The molecule has 5 nitrogen and oxygen atoms in total. The van der Waals surface area contributed by atoms with Gasteiger partial charge in [0.25, 0.3) is 11.8 Å². The van der Waals surface area contributed by atoms with Crippen LogP contribution in [0.5, 0.6) is 5.75 Å². The number of benzene rings is 3. The minimum atomic E-state index is -0.283. The fourth-order valence-electron chi connectivity index (χ4n) is 3.34. The summed E-state index contributed by atoms with van der Waals surface area (Å²) in [5.41, 5.74) is 5.03. The Bertz CT molecular complexity index is 1140. The second-order valence-electron chi connectivity index (χ2n) is 9.07. The number of amides is 2. The third-order valence-corrected chi connectivity index (χ3v) is 6.45. The van der Waals surface area contributed by atoms with Crippen LogP contribution in [-0.2, 0) is 10.2 Å². The molecule has 3 rings (SSSR count). The molecule has 33 heavy (non-hydrogen) atoms. The summed E-state index contributed by atoms with van der Waals surface area (Å²) in [6, 6.07) is 18.4. The van der Waals surface area contributed by atoms with E-state index in [9.17, 15) is 9.59 Å². The van der Waals surface area contributed by atoms with Crippen LogP contribution in [0.1, 0.15) is 47.8 Å². The first-order chi connectivity index (χ1) is 15.5. The third-order valence-electron chi connectivity index (χ3n) is 5.20. The second kappa shape index (κ2) is 10.2. The van der Waals surface area contributed by atoms with Gasteiger partial charge in [-0.05, 0) is 78.4 Å². The molecule has 0 saturated heterocycles. The number of anilines is 2. The first kappa shape index (κ1) is 24.5. The standard InChI is InChI=1S/C27H29BrN2O3/c1-17-13-23(14-18(2)25(17)28)33-16-24(31)29-21-7-6-8-22(15-21)30-26(32)19-9-11-20(12-10-19)27(3,4)5/h6-15H,16H2,1-5H3,(H,29,31)(H,30,32). The van der Waals surface area contributed by atoms with Crippen LogP contribution in [0, 0.1) is 13.8 Å². The molecule has 3 aromatic rings. The van der Waals surface area contributed by atoms with Gasteiger partial charge in [0.1, 0.15) is 5.75 Å². The molecule has 0 unspecified atom stereocenters. The first-order valence-electron chi connectivity index (χ1n) is 10.7. The van der Waals surface area contributed by atoms with E-state index in [1.54, 1.807) is 24.3 Å². The van der Waals surface area contributed by atoms with Gasteiger partial charge in [-0.15, -0.1) is 0 Å². The van der Waals surface area contributed by atoms with Crippen LogP contribution in [-0.4, -0.2) is 18.4 Å². The molecule has 0 radical (unpaired) electrons. The van der Waals surface area contributed by atoms with E-state index in [1.807, 2.05) is 50.2 Å². The lowest BCUT2D eigenvalue weighted by Crippen LogP contribution is -2.20. The fraction of sp³-hybridized carbons (Fsp3) is 0.259. The number of carbonyl (C=O) groups is 2. The molecular formula is C27H29BrN2O3. The smallest absolute Gasteiger partial charge is 0.262 e. The van der Waals surface area contributed by atoms with Gasteiger partial charge in [0.2, 0.25) is 0 Å². The second-order valence-corrected chi connectivity index (χ2v) is 9.86. The number of halogens is 1. The lowest BCUT2D eigenvalue weighted by Gasteiger charge is -2.19. The maximum Gasteiger partial charge on any atom is 0.262 e. The molecular weight excluding hydrogens is 480 g/mol. The summed E-state index contributed by atoms with van der Waals surface area (Å²) in [6.45, 7) is 10.2. The van der Waals surface area contributed by atoms with Crippen molar-refractivity contribution in [3.05, 3.63) is 87.4 Å². The van der Waals surface area contributed by atoms with Gasteiger partial charge in [0, 0.05) is 21.4 Å². The van der Waals surface area contributed by atoms with Crippen molar-refractivity contribution in [3.63, 3.8) is 0 Å². The van der Waals surface area contributed by atoms with Gasteiger partial charge in [0.15, 0.2) is 6.61 Å². The Morgan fingerprint density at radius 2 is 1.45 bits per heavy atom. The van der Waals surface area contributed by atoms with Crippen molar-refractivity contribution in [1.29, 1.82) is 0 Å². The summed E-state index contributed by atoms with van der Waals surface area (Å²) >= 11 is 3.52. The van der Waals surface area contributed by atoms with Crippen molar-refractivity contribution in [2.75, 3.05) is 17.2 Å². The first-order valence-corrected chi connectivity index (χ1v) is 11.5. The van der Waals surface area contributed by atoms with Crippen molar-refractivity contribution in [1.82, 2.24) is 0 Å². The van der Waals surface area contributed by atoms with E-state index in [-0.39, 0.29) is 23.8 Å². The molecule has 0 aliphatic carbocycles. The maximum absolute atomic E-state index is 12.6. The highest BCUT2D eigenvalue weighted by Crippen LogP contribution is 2.26. The monoisotopic (exact) mass is 508 g/mol. The van der Waals surface area contributed by atoms with Crippen LogP contribution < -0.4 is 15.4 Å². The van der Waals surface area contributed by atoms with E-state index >= 15 is 0 Å². The van der Waals surface area contributed by atoms with Crippen molar-refractivity contribution >= 4 is 39.1 Å². The molecule has 6 heteroatoms. The summed E-state index contributed by atoms with van der Waals surface area (Å²) < 4.78 is 6.67. The highest BCUT2D eigenvalue weighted by Gasteiger charge is 2.14. The Morgan fingerprint density at radius 3 is 2.03 bits per heavy atom. The molecule has 0 aliphatic rings. The Balaban J connectivity index is 1.59. The van der Waals surface area contributed by atoms with E-state index in [0.29, 0.717) is 22.7 Å². The predicted octanol–water partition coefficient (Wildman–Crippen LogP) is 6.63. The summed E-state index contributed by atoms with van der Waals surface area (Å²) in [4.78, 5) is 25.0. The average molecular weight is 509 g/mol. The molecule has 0 heterocycles. The number of aryl methyl sites for hydroxylation is 2. The average Bonchev–Trinajstić information content (AvgIpc) is 2.75. The quantitative estimate of drug-likeness (QED) is 0.392. The number of hydrogen-bond acceptors (Lipinski definition) is 3. The summed E-state index contributed by atoms with van der Waals surface area (Å²) in [5, 5.41) is 5.69. The molecule has 0 bridgehead atoms. The van der Waals surface area contributed by atoms with Gasteiger partial charge < -0.3 is 15.4 Å². The molecule has 2 N–H and O–H groups in total. The third kappa shape index (κ3) is 6.68. The Kier molecular flexibility index (Phi) is 7.59. The van der Waals surface area contributed by atoms with Gasteiger partial charge in [-0.3, -0.25) is 9.59 Å². The Hall–Kier alpha value is -3.12. The minimum absolute atomic E-state index is 0.0281. The highest BCUT2D eigenvalue weighted by molar-refractivity contribution is 9.10. The SMILES string of the molecule is Cc1cc(OCC(=O)Nc2cccc(NC(=O)c3ccc(C(C)(C)C)cc3)c2)cc(C)c1Br. The molecule has 0 spiro atoms. The molecule has 0 aromatic heterocycles. The summed E-state index contributed by atoms with van der Waals surface area (Å²) in [6.07, 6.45) is 0. The molecule has 172 valence electrons. The van der Waals surface area contributed by atoms with Crippen LogP contribution in [0.2, 0.25) is 0 Å². The molecule has 0 aliphatic heterocycles. The van der Waals surface area contributed by atoms with Gasteiger partial charge in [0.05, 0.1) is 0 Å². The maximum atomic E-state index is 12.6. The molecule has 2 amide bonds. The number of ether oxygens (including phenoxy) is 1. The molecule has 0 fully saturated rings. The summed E-state index contributed by atoms with van der Waals surface area (Å²) in [7, 11) is 0. The van der Waals surface area contributed by atoms with E-state index in [1.165, 1.54) is 5.56 Å². The number of nitrogens with one attached hydrogen (secondary N) is 2. The lowest BCUT2D eigenvalue weighted by molar-refractivity contribution is -0.118. The van der Waals surface area contributed by atoms with E-state index < -0.39 is 0 Å². The van der Waals surface area contributed by atoms with E-state index in [0.717, 1.165) is 15.6 Å². The number of carbonyl (C=O) groups excluding carboxylic acids is 2. The molecule has 0 saturated carbocycles. The lowest BCUT2D eigenvalue weighted by atomic mass is 9.87. The number of rotatable bonds is 6. The zero-order valence-electron chi connectivity index (χ0n) is 19.6. The van der Waals surface area contributed by atoms with Gasteiger partial charge in [-0.25, -0.2) is 0 Å². The zero-order valence-corrected chi connectivity index (χ0v) is 21.2. The number of hydrogen-bond donors (Lipinski definition) is 2. The minimum Gasteiger partial charge on any atom is -0.484 e. The largest absolute Gasteiger partial charge is 0.484 e. The van der Waals surface area contributed by atoms with Gasteiger partial charge in [-0.2, -0.15) is 0 Å². The van der Waals surface area contributed by atoms with Gasteiger partial charge >= 0.3 is 0 Å². The van der Waals surface area contributed by atoms with Crippen molar-refractivity contribution in [2.24, 2.45) is 0 Å². The van der Waals surface area contributed by atoms with Crippen LogP contribution in [0.3, 0.4) is 0 Å². The van der Waals surface area contributed by atoms with Crippen LogP contribution in [0.4, 0.5) is 11.4 Å². The van der Waals surface area contributed by atoms with Crippen LogP contribution >= 0.6 is 15.9 Å². The predicted molar refractivity (Wildman–Crippen MR) is 137 cm³/mol. The normalized spacial score (nSPS) is 11.1. The van der Waals surface area contributed by atoms with Crippen LogP contribution in [0.15, 0.2) is 65.1 Å². The van der Waals surface area contributed by atoms with Crippen molar-refractivity contribution in [3.8, 4) is 5.75 Å². The summed E-state index contributed by atoms with van der Waals surface area (Å²) in [5.74, 6) is 0.152. The molecule has 3 aromatic carbocycles. The Labute approximate surface area is 203 Å².